The van der Waals surface area contributed by atoms with Gasteiger partial charge in [-0.1, -0.05) is 31.1 Å². The van der Waals surface area contributed by atoms with Crippen molar-refractivity contribution in [1.29, 1.82) is 0 Å². The van der Waals surface area contributed by atoms with Gasteiger partial charge in [-0.15, -0.1) is 24.0 Å². The average Bonchev–Trinajstić information content (AvgIpc) is 3.12. The van der Waals surface area contributed by atoms with E-state index in [-0.39, 0.29) is 24.0 Å². The zero-order valence-corrected chi connectivity index (χ0v) is 19.3. The first kappa shape index (κ1) is 23.3. The van der Waals surface area contributed by atoms with Crippen molar-refractivity contribution >= 4 is 35.6 Å². The zero-order chi connectivity index (χ0) is 18.9. The summed E-state index contributed by atoms with van der Waals surface area (Å²) in [6.07, 6.45) is 2.15. The highest BCUT2D eigenvalue weighted by Crippen LogP contribution is 2.22. The van der Waals surface area contributed by atoms with Crippen molar-refractivity contribution in [2.45, 2.75) is 45.7 Å². The number of hydrogen-bond acceptors (Lipinski definition) is 4. The molecule has 150 valence electrons. The fraction of sp³-hybridized carbons (Fsp3) is 0.500. The van der Waals surface area contributed by atoms with Gasteiger partial charge in [-0.25, -0.2) is 0 Å². The number of aliphatic imine (C=N–C) groups is 1. The van der Waals surface area contributed by atoms with Crippen molar-refractivity contribution in [1.82, 2.24) is 15.8 Å². The van der Waals surface area contributed by atoms with Gasteiger partial charge in [0.15, 0.2) is 11.7 Å². The van der Waals surface area contributed by atoms with Gasteiger partial charge in [-0.2, -0.15) is 0 Å². The lowest BCUT2D eigenvalue weighted by atomic mass is 9.99. The van der Waals surface area contributed by atoms with Crippen LogP contribution in [0.1, 0.15) is 49.6 Å². The molecular weight excluding hydrogens is 453 g/mol. The SMILES string of the molecule is CCC(CC)c1cc(CNC(=NC)NCc2ccc(N(C)C)cc2)on1.I. The third-order valence-electron chi connectivity index (χ3n) is 4.55. The van der Waals surface area contributed by atoms with E-state index in [1.165, 1.54) is 11.3 Å². The Bertz CT molecular complexity index is 693. The van der Waals surface area contributed by atoms with E-state index in [1.54, 1.807) is 7.05 Å². The smallest absolute Gasteiger partial charge is 0.191 e. The first-order chi connectivity index (χ1) is 12.6. The molecule has 0 saturated carbocycles. The Morgan fingerprint density at radius 1 is 1.11 bits per heavy atom. The first-order valence-corrected chi connectivity index (χ1v) is 9.23. The molecule has 0 aliphatic rings. The minimum Gasteiger partial charge on any atom is -0.378 e. The molecule has 2 N–H and O–H groups in total. The summed E-state index contributed by atoms with van der Waals surface area (Å²) in [6, 6.07) is 10.5. The maximum absolute atomic E-state index is 5.44. The van der Waals surface area contributed by atoms with E-state index in [2.05, 4.69) is 63.8 Å². The van der Waals surface area contributed by atoms with Crippen LogP contribution in [0.5, 0.6) is 0 Å². The lowest BCUT2D eigenvalue weighted by Gasteiger charge is -2.14. The Balaban J connectivity index is 0.00000364. The third-order valence-corrected chi connectivity index (χ3v) is 4.55. The van der Waals surface area contributed by atoms with Crippen LogP contribution in [0.3, 0.4) is 0 Å². The van der Waals surface area contributed by atoms with E-state index >= 15 is 0 Å². The predicted octanol–water partition coefficient (Wildman–Crippen LogP) is 4.13. The van der Waals surface area contributed by atoms with Crippen LogP contribution in [0, 0.1) is 0 Å². The summed E-state index contributed by atoms with van der Waals surface area (Å²) >= 11 is 0. The molecule has 0 radical (unpaired) electrons. The molecular formula is C20H32IN5O. The van der Waals surface area contributed by atoms with Crippen molar-refractivity contribution in [2.75, 3.05) is 26.0 Å². The normalized spacial score (nSPS) is 11.3. The molecule has 6 nitrogen and oxygen atoms in total. The number of hydrogen-bond donors (Lipinski definition) is 2. The number of anilines is 1. The molecule has 0 unspecified atom stereocenters. The number of aromatic nitrogens is 1. The number of rotatable bonds is 8. The summed E-state index contributed by atoms with van der Waals surface area (Å²) < 4.78 is 5.44. The molecule has 0 bridgehead atoms. The molecule has 1 aromatic heterocycles. The second kappa shape index (κ2) is 11.8. The molecule has 0 fully saturated rings. The molecule has 27 heavy (non-hydrogen) atoms. The fourth-order valence-corrected chi connectivity index (χ4v) is 2.80. The van der Waals surface area contributed by atoms with Gasteiger partial charge in [0.05, 0.1) is 12.2 Å². The van der Waals surface area contributed by atoms with Crippen LogP contribution in [-0.4, -0.2) is 32.3 Å². The Labute approximate surface area is 179 Å². The van der Waals surface area contributed by atoms with Crippen molar-refractivity contribution in [3.8, 4) is 0 Å². The van der Waals surface area contributed by atoms with E-state index in [0.29, 0.717) is 19.0 Å². The minimum atomic E-state index is 0. The van der Waals surface area contributed by atoms with Gasteiger partial charge in [0.1, 0.15) is 0 Å². The van der Waals surface area contributed by atoms with Gasteiger partial charge in [0.25, 0.3) is 0 Å². The van der Waals surface area contributed by atoms with Gasteiger partial charge in [0.2, 0.25) is 0 Å². The predicted molar refractivity (Wildman–Crippen MR) is 123 cm³/mol. The fourth-order valence-electron chi connectivity index (χ4n) is 2.80. The van der Waals surface area contributed by atoms with Crippen LogP contribution in [0.25, 0.3) is 0 Å². The second-order valence-corrected chi connectivity index (χ2v) is 6.57. The maximum atomic E-state index is 5.44. The minimum absolute atomic E-state index is 0. The monoisotopic (exact) mass is 485 g/mol. The molecule has 0 aliphatic heterocycles. The van der Waals surface area contributed by atoms with E-state index in [1.807, 2.05) is 20.2 Å². The lowest BCUT2D eigenvalue weighted by molar-refractivity contribution is 0.368. The lowest BCUT2D eigenvalue weighted by Crippen LogP contribution is -2.36. The molecule has 1 aromatic carbocycles. The summed E-state index contributed by atoms with van der Waals surface area (Å²) in [5.74, 6) is 2.03. The number of nitrogens with zero attached hydrogens (tertiary/aromatic N) is 3. The quantitative estimate of drug-likeness (QED) is 0.335. The summed E-state index contributed by atoms with van der Waals surface area (Å²) in [7, 11) is 5.84. The van der Waals surface area contributed by atoms with Gasteiger partial charge < -0.3 is 20.1 Å². The third kappa shape index (κ3) is 7.04. The average molecular weight is 485 g/mol. The van der Waals surface area contributed by atoms with Crippen LogP contribution in [0.4, 0.5) is 5.69 Å². The van der Waals surface area contributed by atoms with Gasteiger partial charge >= 0.3 is 0 Å². The Morgan fingerprint density at radius 2 is 1.74 bits per heavy atom. The topological polar surface area (TPSA) is 65.7 Å². The molecule has 1 heterocycles. The van der Waals surface area contributed by atoms with Gasteiger partial charge in [-0.3, -0.25) is 4.99 Å². The Kier molecular flexibility index (Phi) is 10.2. The highest BCUT2D eigenvalue weighted by atomic mass is 127. The molecule has 0 spiro atoms. The van der Waals surface area contributed by atoms with Crippen LogP contribution in [0.2, 0.25) is 0 Å². The molecule has 0 amide bonds. The number of nitrogens with one attached hydrogen (secondary N) is 2. The van der Waals surface area contributed by atoms with Crippen molar-refractivity contribution < 1.29 is 4.52 Å². The largest absolute Gasteiger partial charge is 0.378 e. The standard InChI is InChI=1S/C20H31N5O.HI/c1-6-16(7-2)19-12-18(26-24-19)14-23-20(21-3)22-13-15-8-10-17(11-9-15)25(4)5;/h8-12,16H,6-7,13-14H2,1-5H3,(H2,21,22,23);1H. The first-order valence-electron chi connectivity index (χ1n) is 9.23. The van der Waals surface area contributed by atoms with Gasteiger partial charge in [0, 0.05) is 45.4 Å². The van der Waals surface area contributed by atoms with Crippen LogP contribution in [-0.2, 0) is 13.1 Å². The van der Waals surface area contributed by atoms with Gasteiger partial charge in [-0.05, 0) is 30.5 Å². The highest BCUT2D eigenvalue weighted by molar-refractivity contribution is 14.0. The van der Waals surface area contributed by atoms with E-state index in [9.17, 15) is 0 Å². The Hall–Kier alpha value is -1.77. The van der Waals surface area contributed by atoms with Crippen LogP contribution < -0.4 is 15.5 Å². The second-order valence-electron chi connectivity index (χ2n) is 6.57. The van der Waals surface area contributed by atoms with Crippen LogP contribution in [0.15, 0.2) is 39.8 Å². The molecule has 2 rings (SSSR count). The van der Waals surface area contributed by atoms with Crippen LogP contribution >= 0.6 is 24.0 Å². The van der Waals surface area contributed by atoms with E-state index in [0.717, 1.165) is 30.3 Å². The van der Waals surface area contributed by atoms with Crippen molar-refractivity contribution in [3.05, 3.63) is 47.3 Å². The molecule has 7 heteroatoms. The summed E-state index contributed by atoms with van der Waals surface area (Å²) in [5, 5.41) is 10.8. The highest BCUT2D eigenvalue weighted by Gasteiger charge is 2.13. The van der Waals surface area contributed by atoms with Crippen molar-refractivity contribution in [2.24, 2.45) is 4.99 Å². The van der Waals surface area contributed by atoms with Crippen molar-refractivity contribution in [3.63, 3.8) is 0 Å². The summed E-state index contributed by atoms with van der Waals surface area (Å²) in [5.41, 5.74) is 3.43. The molecule has 0 aliphatic carbocycles. The Morgan fingerprint density at radius 3 is 2.30 bits per heavy atom. The zero-order valence-electron chi connectivity index (χ0n) is 17.0. The molecule has 0 atom stereocenters. The summed E-state index contributed by atoms with van der Waals surface area (Å²) in [6.45, 7) is 5.63. The molecule has 0 saturated heterocycles. The summed E-state index contributed by atoms with van der Waals surface area (Å²) in [4.78, 5) is 6.35. The number of guanidine groups is 1. The van der Waals surface area contributed by atoms with E-state index < -0.39 is 0 Å². The molecule has 2 aromatic rings. The number of benzene rings is 1. The maximum Gasteiger partial charge on any atom is 0.191 e. The van der Waals surface area contributed by atoms with E-state index in [4.69, 9.17) is 4.52 Å². The number of halogens is 1.